The normalized spacial score (nSPS) is 10.5. The van der Waals surface area contributed by atoms with E-state index in [1.165, 1.54) is 0 Å². The average molecular weight is 288 g/mol. The third-order valence-electron chi connectivity index (χ3n) is 2.60. The van der Waals surface area contributed by atoms with Gasteiger partial charge in [-0.25, -0.2) is 0 Å². The summed E-state index contributed by atoms with van der Waals surface area (Å²) in [5.41, 5.74) is 0. The molecule has 0 saturated heterocycles. The van der Waals surface area contributed by atoms with Gasteiger partial charge in [-0.15, -0.1) is 0 Å². The summed E-state index contributed by atoms with van der Waals surface area (Å²) in [6.07, 6.45) is 0.901. The quantitative estimate of drug-likeness (QED) is 0.703. The first-order chi connectivity index (χ1) is 9.21. The number of halogens is 1. The maximum Gasteiger partial charge on any atom is 0.231 e. The van der Waals surface area contributed by atoms with Gasteiger partial charge in [-0.05, 0) is 38.8 Å². The van der Waals surface area contributed by atoms with Crippen molar-refractivity contribution in [1.82, 2.24) is 15.0 Å². The highest BCUT2D eigenvalue weighted by molar-refractivity contribution is 6.28. The second-order valence-corrected chi connectivity index (χ2v) is 4.22. The molecular weight excluding hydrogens is 266 g/mol. The van der Waals surface area contributed by atoms with Crippen molar-refractivity contribution in [3.63, 3.8) is 0 Å². The number of nitrogens with one attached hydrogen (secondary N) is 1. The van der Waals surface area contributed by atoms with Crippen LogP contribution in [0.4, 0.5) is 11.9 Å². The summed E-state index contributed by atoms with van der Waals surface area (Å²) in [6.45, 7) is 9.97. The van der Waals surface area contributed by atoms with E-state index in [-0.39, 0.29) is 5.28 Å². The zero-order valence-electron chi connectivity index (χ0n) is 11.8. The first-order valence-electron chi connectivity index (χ1n) is 6.69. The van der Waals surface area contributed by atoms with Gasteiger partial charge in [-0.2, -0.15) is 15.0 Å². The Morgan fingerprint density at radius 3 is 2.53 bits per heavy atom. The summed E-state index contributed by atoms with van der Waals surface area (Å²) in [6, 6.07) is 0. The molecule has 0 aromatic carbocycles. The monoisotopic (exact) mass is 287 g/mol. The van der Waals surface area contributed by atoms with E-state index in [0.29, 0.717) is 11.9 Å². The van der Waals surface area contributed by atoms with Crippen molar-refractivity contribution in [3.05, 3.63) is 5.28 Å². The van der Waals surface area contributed by atoms with Gasteiger partial charge in [-0.3, -0.25) is 0 Å². The van der Waals surface area contributed by atoms with E-state index in [0.717, 1.165) is 39.3 Å². The summed E-state index contributed by atoms with van der Waals surface area (Å²) in [7, 11) is 0. The molecule has 0 atom stereocenters. The van der Waals surface area contributed by atoms with Gasteiger partial charge in [-0.1, -0.05) is 0 Å². The van der Waals surface area contributed by atoms with Crippen LogP contribution in [-0.2, 0) is 4.74 Å². The topological polar surface area (TPSA) is 63.2 Å². The molecule has 0 spiro atoms. The number of nitrogens with zero attached hydrogens (tertiary/aromatic N) is 4. The lowest BCUT2D eigenvalue weighted by Crippen LogP contribution is -2.25. The zero-order valence-corrected chi connectivity index (χ0v) is 12.6. The minimum absolute atomic E-state index is 0.212. The van der Waals surface area contributed by atoms with Crippen LogP contribution in [0.5, 0.6) is 0 Å². The van der Waals surface area contributed by atoms with Crippen molar-refractivity contribution in [2.45, 2.75) is 27.2 Å². The molecule has 0 saturated carbocycles. The molecule has 108 valence electrons. The van der Waals surface area contributed by atoms with Gasteiger partial charge >= 0.3 is 0 Å². The summed E-state index contributed by atoms with van der Waals surface area (Å²) < 4.78 is 5.26. The zero-order chi connectivity index (χ0) is 14.1. The van der Waals surface area contributed by atoms with Crippen LogP contribution in [0.25, 0.3) is 0 Å². The second-order valence-electron chi connectivity index (χ2n) is 3.88. The number of anilines is 2. The van der Waals surface area contributed by atoms with Gasteiger partial charge in [0.2, 0.25) is 17.2 Å². The number of hydrogen-bond donors (Lipinski definition) is 1. The SMILES string of the molecule is CCOCCCNc1nc(Cl)nc(N(CC)CC)n1. The highest BCUT2D eigenvalue weighted by Gasteiger charge is 2.09. The molecule has 6 nitrogen and oxygen atoms in total. The molecule has 0 aliphatic heterocycles. The van der Waals surface area contributed by atoms with Crippen molar-refractivity contribution in [2.24, 2.45) is 0 Å². The average Bonchev–Trinajstić information content (AvgIpc) is 2.39. The molecule has 1 aromatic heterocycles. The Labute approximate surface area is 119 Å². The van der Waals surface area contributed by atoms with Crippen LogP contribution in [0.1, 0.15) is 27.2 Å². The van der Waals surface area contributed by atoms with Gasteiger partial charge in [0.25, 0.3) is 0 Å². The van der Waals surface area contributed by atoms with Gasteiger partial charge < -0.3 is 15.0 Å². The Morgan fingerprint density at radius 2 is 1.89 bits per heavy atom. The molecule has 1 N–H and O–H groups in total. The van der Waals surface area contributed by atoms with E-state index in [9.17, 15) is 0 Å². The molecule has 0 radical (unpaired) electrons. The van der Waals surface area contributed by atoms with E-state index in [1.54, 1.807) is 0 Å². The number of aromatic nitrogens is 3. The van der Waals surface area contributed by atoms with Crippen LogP contribution >= 0.6 is 11.6 Å². The number of hydrogen-bond acceptors (Lipinski definition) is 6. The Kier molecular flexibility index (Phi) is 7.43. The molecule has 1 heterocycles. The van der Waals surface area contributed by atoms with Crippen LogP contribution in [0, 0.1) is 0 Å². The third kappa shape index (κ3) is 5.57. The molecule has 0 aliphatic carbocycles. The van der Waals surface area contributed by atoms with E-state index < -0.39 is 0 Å². The largest absolute Gasteiger partial charge is 0.382 e. The maximum atomic E-state index is 5.92. The summed E-state index contributed by atoms with van der Waals surface area (Å²) in [5.74, 6) is 1.12. The highest BCUT2D eigenvalue weighted by Crippen LogP contribution is 2.13. The van der Waals surface area contributed by atoms with Gasteiger partial charge in [0.05, 0.1) is 0 Å². The van der Waals surface area contributed by atoms with Crippen LogP contribution < -0.4 is 10.2 Å². The van der Waals surface area contributed by atoms with Gasteiger partial charge in [0, 0.05) is 32.8 Å². The molecule has 0 bridgehead atoms. The Morgan fingerprint density at radius 1 is 1.16 bits per heavy atom. The van der Waals surface area contributed by atoms with Crippen molar-refractivity contribution >= 4 is 23.5 Å². The Hall–Kier alpha value is -1.14. The molecule has 0 aliphatic rings. The summed E-state index contributed by atoms with van der Waals surface area (Å²) in [5, 5.41) is 3.35. The van der Waals surface area contributed by atoms with Crippen LogP contribution in [0.2, 0.25) is 5.28 Å². The number of rotatable bonds is 9. The second kappa shape index (κ2) is 8.87. The molecule has 0 amide bonds. The van der Waals surface area contributed by atoms with Gasteiger partial charge in [0.1, 0.15) is 0 Å². The smallest absolute Gasteiger partial charge is 0.231 e. The lowest BCUT2D eigenvalue weighted by atomic mass is 10.4. The summed E-state index contributed by atoms with van der Waals surface area (Å²) in [4.78, 5) is 14.6. The molecule has 19 heavy (non-hydrogen) atoms. The third-order valence-corrected chi connectivity index (χ3v) is 2.76. The highest BCUT2D eigenvalue weighted by atomic mass is 35.5. The predicted molar refractivity (Wildman–Crippen MR) is 78.0 cm³/mol. The van der Waals surface area contributed by atoms with E-state index >= 15 is 0 Å². The van der Waals surface area contributed by atoms with Gasteiger partial charge in [0.15, 0.2) is 0 Å². The summed E-state index contributed by atoms with van der Waals surface area (Å²) >= 11 is 5.92. The first kappa shape index (κ1) is 15.9. The standard InChI is InChI=1S/C12H22ClN5O/c1-4-18(5-2)12-16-10(13)15-11(17-12)14-8-7-9-19-6-3/h4-9H2,1-3H3,(H,14,15,16,17). The molecule has 7 heteroatoms. The minimum Gasteiger partial charge on any atom is -0.382 e. The first-order valence-corrected chi connectivity index (χ1v) is 7.07. The van der Waals surface area contributed by atoms with Crippen molar-refractivity contribution in [2.75, 3.05) is 43.1 Å². The van der Waals surface area contributed by atoms with Crippen LogP contribution in [0.3, 0.4) is 0 Å². The van der Waals surface area contributed by atoms with Crippen LogP contribution in [0.15, 0.2) is 0 Å². The maximum absolute atomic E-state index is 5.92. The minimum atomic E-state index is 0.212. The van der Waals surface area contributed by atoms with E-state index in [4.69, 9.17) is 16.3 Å². The van der Waals surface area contributed by atoms with E-state index in [2.05, 4.69) is 34.1 Å². The van der Waals surface area contributed by atoms with Crippen molar-refractivity contribution in [1.29, 1.82) is 0 Å². The lowest BCUT2D eigenvalue weighted by Gasteiger charge is -2.18. The molecule has 0 unspecified atom stereocenters. The van der Waals surface area contributed by atoms with Crippen LogP contribution in [-0.4, -0.2) is 47.8 Å². The van der Waals surface area contributed by atoms with Crippen molar-refractivity contribution in [3.8, 4) is 0 Å². The Balaban J connectivity index is 2.58. The van der Waals surface area contributed by atoms with Crippen molar-refractivity contribution < 1.29 is 4.74 Å². The Bertz CT molecular complexity index is 373. The molecule has 1 rings (SSSR count). The fourth-order valence-electron chi connectivity index (χ4n) is 1.59. The lowest BCUT2D eigenvalue weighted by molar-refractivity contribution is 0.147. The fourth-order valence-corrected chi connectivity index (χ4v) is 1.74. The number of ether oxygens (including phenoxy) is 1. The molecule has 1 aromatic rings. The van der Waals surface area contributed by atoms with E-state index in [1.807, 2.05) is 11.8 Å². The predicted octanol–water partition coefficient (Wildman–Crippen LogP) is 2.21. The molecular formula is C12H22ClN5O. The molecule has 0 fully saturated rings. The fraction of sp³-hybridized carbons (Fsp3) is 0.750.